The van der Waals surface area contributed by atoms with Crippen molar-refractivity contribution in [2.24, 2.45) is 0 Å². The third kappa shape index (κ3) is 3.29. The molecule has 1 aromatic heterocycles. The number of aromatic nitrogens is 2. The van der Waals surface area contributed by atoms with Crippen molar-refractivity contribution in [3.8, 4) is 5.69 Å². The van der Waals surface area contributed by atoms with Crippen LogP contribution in [0.5, 0.6) is 0 Å². The lowest BCUT2D eigenvalue weighted by Crippen LogP contribution is -2.42. The number of rotatable bonds is 5. The van der Waals surface area contributed by atoms with Crippen molar-refractivity contribution < 1.29 is 14.3 Å². The van der Waals surface area contributed by atoms with Crippen molar-refractivity contribution in [2.75, 3.05) is 25.5 Å². The summed E-state index contributed by atoms with van der Waals surface area (Å²) in [6, 6.07) is 5.32. The second kappa shape index (κ2) is 6.55. The number of benzene rings is 1. The fourth-order valence-corrected chi connectivity index (χ4v) is 3.15. The maximum atomic E-state index is 14.2. The molecule has 1 atom stereocenters. The number of hydrogen-bond acceptors (Lipinski definition) is 4. The minimum absolute atomic E-state index is 0.161. The number of carbonyl (C=O) groups is 1. The van der Waals surface area contributed by atoms with Crippen LogP contribution in [0.4, 0.5) is 10.1 Å². The SMILES string of the molecule is CN(C)c1cc2c(cc1-n1nccc1Cl)CN(C[C@@H](F)C(C)(C)O)C2=O. The second-order valence-electron chi connectivity index (χ2n) is 7.27. The Hall–Kier alpha value is -2.12. The van der Waals surface area contributed by atoms with E-state index in [1.54, 1.807) is 23.0 Å². The summed E-state index contributed by atoms with van der Waals surface area (Å²) in [4.78, 5) is 16.0. The van der Waals surface area contributed by atoms with E-state index in [-0.39, 0.29) is 19.0 Å². The van der Waals surface area contributed by atoms with Gasteiger partial charge in [-0.3, -0.25) is 4.79 Å². The molecule has 2 heterocycles. The van der Waals surface area contributed by atoms with Crippen LogP contribution in [0.3, 0.4) is 0 Å². The van der Waals surface area contributed by atoms with E-state index >= 15 is 0 Å². The fourth-order valence-electron chi connectivity index (χ4n) is 2.95. The average molecular weight is 381 g/mol. The minimum atomic E-state index is -1.53. The third-order valence-electron chi connectivity index (χ3n) is 4.53. The van der Waals surface area contributed by atoms with Gasteiger partial charge in [0, 0.05) is 26.2 Å². The third-order valence-corrected chi connectivity index (χ3v) is 4.82. The minimum Gasteiger partial charge on any atom is -0.387 e. The number of aliphatic hydroxyl groups is 1. The summed E-state index contributed by atoms with van der Waals surface area (Å²) in [5.74, 6) is -0.242. The van der Waals surface area contributed by atoms with Gasteiger partial charge in [-0.25, -0.2) is 9.07 Å². The summed E-state index contributed by atoms with van der Waals surface area (Å²) >= 11 is 6.21. The Balaban J connectivity index is 1.99. The summed E-state index contributed by atoms with van der Waals surface area (Å²) in [5, 5.41) is 14.5. The molecule has 0 aliphatic carbocycles. The number of hydrogen-bond donors (Lipinski definition) is 1. The standard InChI is InChI=1S/C18H22ClFN4O2/c1-18(2,26)15(20)10-23-9-11-7-14(24-16(19)5-6-21-24)13(22(3)4)8-12(11)17(23)25/h5-8,15,26H,9-10H2,1-4H3/t15-/m1/s1. The predicted molar refractivity (Wildman–Crippen MR) is 98.8 cm³/mol. The van der Waals surface area contributed by atoms with Gasteiger partial charge in [-0.1, -0.05) is 11.6 Å². The highest BCUT2D eigenvalue weighted by Gasteiger charge is 2.35. The fraction of sp³-hybridized carbons (Fsp3) is 0.444. The van der Waals surface area contributed by atoms with Crippen LogP contribution in [-0.2, 0) is 6.54 Å². The summed E-state index contributed by atoms with van der Waals surface area (Å²) in [6.45, 7) is 2.91. The molecule has 0 spiro atoms. The van der Waals surface area contributed by atoms with E-state index in [2.05, 4.69) is 5.10 Å². The lowest BCUT2D eigenvalue weighted by atomic mass is 10.0. The molecule has 1 aromatic carbocycles. The highest BCUT2D eigenvalue weighted by atomic mass is 35.5. The molecule has 1 aliphatic rings. The average Bonchev–Trinajstić information content (AvgIpc) is 3.09. The summed E-state index contributed by atoms with van der Waals surface area (Å²) in [5.41, 5.74) is 1.34. The first-order chi connectivity index (χ1) is 12.1. The van der Waals surface area contributed by atoms with Crippen molar-refractivity contribution >= 4 is 23.2 Å². The summed E-state index contributed by atoms with van der Waals surface area (Å²) < 4.78 is 15.8. The Labute approximate surface area is 156 Å². The first-order valence-electron chi connectivity index (χ1n) is 8.29. The van der Waals surface area contributed by atoms with Crippen LogP contribution in [0.2, 0.25) is 5.15 Å². The van der Waals surface area contributed by atoms with E-state index in [1.165, 1.54) is 18.7 Å². The van der Waals surface area contributed by atoms with Gasteiger partial charge in [0.05, 0.1) is 29.7 Å². The Morgan fingerprint density at radius 1 is 1.42 bits per heavy atom. The Kier molecular flexibility index (Phi) is 4.71. The van der Waals surface area contributed by atoms with Crippen LogP contribution in [-0.4, -0.2) is 58.1 Å². The summed E-state index contributed by atoms with van der Waals surface area (Å²) in [6.07, 6.45) is 0.0674. The van der Waals surface area contributed by atoms with E-state index in [1.807, 2.05) is 25.1 Å². The van der Waals surface area contributed by atoms with Gasteiger partial charge in [-0.2, -0.15) is 5.10 Å². The lowest BCUT2D eigenvalue weighted by molar-refractivity contribution is -0.0159. The molecular weight excluding hydrogens is 359 g/mol. The van der Waals surface area contributed by atoms with E-state index in [4.69, 9.17) is 11.6 Å². The quantitative estimate of drug-likeness (QED) is 0.866. The zero-order valence-electron chi connectivity index (χ0n) is 15.2. The van der Waals surface area contributed by atoms with Crippen LogP contribution in [0, 0.1) is 0 Å². The Bertz CT molecular complexity index is 844. The van der Waals surface area contributed by atoms with Gasteiger partial charge in [-0.15, -0.1) is 0 Å². The Morgan fingerprint density at radius 2 is 2.12 bits per heavy atom. The van der Waals surface area contributed by atoms with Gasteiger partial charge in [0.25, 0.3) is 5.91 Å². The van der Waals surface area contributed by atoms with Crippen LogP contribution in [0.25, 0.3) is 5.69 Å². The topological polar surface area (TPSA) is 61.6 Å². The van der Waals surface area contributed by atoms with Crippen molar-refractivity contribution in [1.82, 2.24) is 14.7 Å². The van der Waals surface area contributed by atoms with Crippen molar-refractivity contribution in [3.05, 3.63) is 40.7 Å². The highest BCUT2D eigenvalue weighted by Crippen LogP contribution is 2.34. The van der Waals surface area contributed by atoms with Crippen molar-refractivity contribution in [3.63, 3.8) is 0 Å². The van der Waals surface area contributed by atoms with Gasteiger partial charge in [0.1, 0.15) is 11.3 Å². The molecule has 1 amide bonds. The van der Waals surface area contributed by atoms with Crippen LogP contribution in [0.15, 0.2) is 24.4 Å². The largest absolute Gasteiger partial charge is 0.387 e. The van der Waals surface area contributed by atoms with E-state index < -0.39 is 11.8 Å². The van der Waals surface area contributed by atoms with E-state index in [0.29, 0.717) is 10.7 Å². The maximum absolute atomic E-state index is 14.2. The zero-order chi connectivity index (χ0) is 19.2. The van der Waals surface area contributed by atoms with Crippen LogP contribution in [0.1, 0.15) is 29.8 Å². The molecule has 8 heteroatoms. The van der Waals surface area contributed by atoms with Gasteiger partial charge < -0.3 is 14.9 Å². The van der Waals surface area contributed by atoms with E-state index in [0.717, 1.165) is 16.9 Å². The molecule has 1 N–H and O–H groups in total. The number of nitrogens with zero attached hydrogens (tertiary/aromatic N) is 4. The second-order valence-corrected chi connectivity index (χ2v) is 7.65. The molecule has 0 saturated carbocycles. The highest BCUT2D eigenvalue weighted by molar-refractivity contribution is 6.29. The number of halogens is 2. The van der Waals surface area contributed by atoms with Gasteiger partial charge >= 0.3 is 0 Å². The number of alkyl halides is 1. The molecule has 2 aromatic rings. The molecule has 3 rings (SSSR count). The van der Waals surface area contributed by atoms with E-state index in [9.17, 15) is 14.3 Å². The molecule has 0 unspecified atom stereocenters. The number of amides is 1. The molecule has 6 nitrogen and oxygen atoms in total. The number of carbonyl (C=O) groups excluding carboxylic acids is 1. The molecule has 140 valence electrons. The molecule has 1 aliphatic heterocycles. The molecule has 0 bridgehead atoms. The van der Waals surface area contributed by atoms with Gasteiger partial charge in [-0.05, 0) is 37.6 Å². The molecule has 0 radical (unpaired) electrons. The molecule has 26 heavy (non-hydrogen) atoms. The van der Waals surface area contributed by atoms with Gasteiger partial charge in [0.15, 0.2) is 0 Å². The number of fused-ring (bicyclic) bond motifs is 1. The van der Waals surface area contributed by atoms with Crippen LogP contribution >= 0.6 is 11.6 Å². The predicted octanol–water partition coefficient (Wildman–Crippen LogP) is 2.66. The number of anilines is 1. The molecular formula is C18H22ClFN4O2. The molecule has 0 fully saturated rings. The summed E-state index contributed by atoms with van der Waals surface area (Å²) in [7, 11) is 3.73. The normalized spacial score (nSPS) is 15.3. The Morgan fingerprint density at radius 3 is 2.65 bits per heavy atom. The first kappa shape index (κ1) is 18.7. The van der Waals surface area contributed by atoms with Crippen molar-refractivity contribution in [2.45, 2.75) is 32.2 Å². The first-order valence-corrected chi connectivity index (χ1v) is 8.67. The van der Waals surface area contributed by atoms with Crippen molar-refractivity contribution in [1.29, 1.82) is 0 Å². The maximum Gasteiger partial charge on any atom is 0.254 e. The molecule has 0 saturated heterocycles. The van der Waals surface area contributed by atoms with Gasteiger partial charge in [0.2, 0.25) is 0 Å². The monoisotopic (exact) mass is 380 g/mol. The smallest absolute Gasteiger partial charge is 0.254 e. The zero-order valence-corrected chi connectivity index (χ0v) is 16.0. The van der Waals surface area contributed by atoms with Crippen LogP contribution < -0.4 is 4.90 Å². The lowest BCUT2D eigenvalue weighted by Gasteiger charge is -2.26.